The lowest BCUT2D eigenvalue weighted by atomic mass is 10.2. The molecule has 3 nitrogen and oxygen atoms in total. The molecule has 4 heteroatoms. The number of ether oxygens (including phenoxy) is 1. The second kappa shape index (κ2) is 3.37. The first-order valence-electron chi connectivity index (χ1n) is 4.58. The first-order chi connectivity index (χ1) is 6.63. The maximum Gasteiger partial charge on any atom is 0.178 e. The zero-order chi connectivity index (χ0) is 10.2. The summed E-state index contributed by atoms with van der Waals surface area (Å²) in [6.07, 6.45) is 0.188. The smallest absolute Gasteiger partial charge is 0.178 e. The predicted octanol–water partition coefficient (Wildman–Crippen LogP) is 1.55. The highest BCUT2D eigenvalue weighted by atomic mass is 32.2. The molecule has 0 aromatic heterocycles. The van der Waals surface area contributed by atoms with Gasteiger partial charge in [0.05, 0.1) is 17.3 Å². The molecule has 76 valence electrons. The third kappa shape index (κ3) is 1.81. The quantitative estimate of drug-likeness (QED) is 0.714. The molecule has 14 heavy (non-hydrogen) atoms. The molecule has 1 aromatic rings. The maximum atomic E-state index is 11.5. The highest BCUT2D eigenvalue weighted by molar-refractivity contribution is 7.91. The summed E-state index contributed by atoms with van der Waals surface area (Å²) in [5.74, 6) is 0.145. The maximum absolute atomic E-state index is 11.5. The van der Waals surface area contributed by atoms with Gasteiger partial charge in [0.25, 0.3) is 0 Å². The van der Waals surface area contributed by atoms with Crippen LogP contribution in [0.1, 0.15) is 18.6 Å². The predicted molar refractivity (Wildman–Crippen MR) is 52.9 cm³/mol. The molecule has 1 aliphatic rings. The Balaban J connectivity index is 2.29. The lowest BCUT2D eigenvalue weighted by Crippen LogP contribution is -2.03. The van der Waals surface area contributed by atoms with Crippen LogP contribution in [0, 0.1) is 0 Å². The van der Waals surface area contributed by atoms with Gasteiger partial charge in [-0.1, -0.05) is 19.1 Å². The Labute approximate surface area is 83.6 Å². The van der Waals surface area contributed by atoms with Crippen molar-refractivity contribution in [1.29, 1.82) is 0 Å². The van der Waals surface area contributed by atoms with Crippen LogP contribution in [0.15, 0.2) is 29.2 Å². The number of benzene rings is 1. The molecule has 1 aliphatic heterocycles. The molecule has 1 aromatic carbocycles. The van der Waals surface area contributed by atoms with E-state index in [1.807, 2.05) is 12.1 Å². The fourth-order valence-electron chi connectivity index (χ4n) is 1.30. The molecular weight excluding hydrogens is 200 g/mol. The summed E-state index contributed by atoms with van der Waals surface area (Å²) in [6.45, 7) is 2.40. The number of rotatable bonds is 3. The summed E-state index contributed by atoms with van der Waals surface area (Å²) >= 11 is 0. The van der Waals surface area contributed by atoms with Crippen LogP contribution in [0.3, 0.4) is 0 Å². The monoisotopic (exact) mass is 212 g/mol. The van der Waals surface area contributed by atoms with Gasteiger partial charge in [-0.15, -0.1) is 0 Å². The Morgan fingerprint density at radius 2 is 1.93 bits per heavy atom. The third-order valence-corrected chi connectivity index (χ3v) is 4.07. The van der Waals surface area contributed by atoms with Crippen LogP contribution in [0.2, 0.25) is 0 Å². The fourth-order valence-corrected chi connectivity index (χ4v) is 2.18. The topological polar surface area (TPSA) is 46.7 Å². The second-order valence-electron chi connectivity index (χ2n) is 3.29. The zero-order valence-corrected chi connectivity index (χ0v) is 8.75. The van der Waals surface area contributed by atoms with Gasteiger partial charge in [0, 0.05) is 0 Å². The van der Waals surface area contributed by atoms with Crippen LogP contribution >= 0.6 is 0 Å². The van der Waals surface area contributed by atoms with E-state index in [1.54, 1.807) is 19.1 Å². The van der Waals surface area contributed by atoms with E-state index in [2.05, 4.69) is 0 Å². The van der Waals surface area contributed by atoms with Gasteiger partial charge < -0.3 is 4.74 Å². The first kappa shape index (κ1) is 9.68. The molecule has 0 spiro atoms. The van der Waals surface area contributed by atoms with Crippen molar-refractivity contribution in [3.05, 3.63) is 29.8 Å². The van der Waals surface area contributed by atoms with Crippen LogP contribution in [0.4, 0.5) is 0 Å². The standard InChI is InChI=1S/C10H12O3S/c1-2-14(11,12)9-5-3-8(4-6-9)10-7-13-10/h3-6,10H,2,7H2,1H3. The van der Waals surface area contributed by atoms with Gasteiger partial charge in [0.2, 0.25) is 0 Å². The minimum Gasteiger partial charge on any atom is -0.368 e. The summed E-state index contributed by atoms with van der Waals surface area (Å²) in [5, 5.41) is 0. The molecule has 1 saturated heterocycles. The van der Waals surface area contributed by atoms with E-state index in [0.717, 1.165) is 12.2 Å². The van der Waals surface area contributed by atoms with Gasteiger partial charge in [0.1, 0.15) is 6.10 Å². The minimum atomic E-state index is -3.06. The van der Waals surface area contributed by atoms with Gasteiger partial charge in [-0.25, -0.2) is 8.42 Å². The average Bonchev–Trinajstić information content (AvgIpc) is 3.01. The highest BCUT2D eigenvalue weighted by Gasteiger charge is 2.24. The summed E-state index contributed by atoms with van der Waals surface area (Å²) in [6, 6.07) is 6.94. The van der Waals surface area contributed by atoms with Gasteiger partial charge in [-0.3, -0.25) is 0 Å². The van der Waals surface area contributed by atoms with Crippen LogP contribution in [-0.4, -0.2) is 20.8 Å². The summed E-state index contributed by atoms with van der Waals surface area (Å²) < 4.78 is 28.0. The number of sulfone groups is 1. The van der Waals surface area contributed by atoms with E-state index in [-0.39, 0.29) is 11.9 Å². The van der Waals surface area contributed by atoms with Gasteiger partial charge in [0.15, 0.2) is 9.84 Å². The molecule has 0 N–H and O–H groups in total. The SMILES string of the molecule is CCS(=O)(=O)c1ccc(C2CO2)cc1. The van der Waals surface area contributed by atoms with Crippen molar-refractivity contribution in [3.8, 4) is 0 Å². The van der Waals surface area contributed by atoms with E-state index in [1.165, 1.54) is 0 Å². The van der Waals surface area contributed by atoms with Crippen molar-refractivity contribution in [1.82, 2.24) is 0 Å². The molecule has 0 bridgehead atoms. The van der Waals surface area contributed by atoms with Crippen molar-refractivity contribution >= 4 is 9.84 Å². The van der Waals surface area contributed by atoms with Gasteiger partial charge in [-0.05, 0) is 17.7 Å². The van der Waals surface area contributed by atoms with Gasteiger partial charge in [-0.2, -0.15) is 0 Å². The summed E-state index contributed by atoms with van der Waals surface area (Å²) in [4.78, 5) is 0.393. The molecule has 1 unspecified atom stereocenters. The lowest BCUT2D eigenvalue weighted by molar-refractivity contribution is 0.415. The van der Waals surface area contributed by atoms with E-state index in [0.29, 0.717) is 4.90 Å². The Morgan fingerprint density at radius 1 is 1.36 bits per heavy atom. The van der Waals surface area contributed by atoms with Gasteiger partial charge >= 0.3 is 0 Å². The van der Waals surface area contributed by atoms with Crippen LogP contribution in [0.5, 0.6) is 0 Å². The molecule has 0 aliphatic carbocycles. The zero-order valence-electron chi connectivity index (χ0n) is 7.93. The molecule has 0 radical (unpaired) electrons. The van der Waals surface area contributed by atoms with Crippen LogP contribution in [0.25, 0.3) is 0 Å². The van der Waals surface area contributed by atoms with Crippen molar-refractivity contribution in [2.75, 3.05) is 12.4 Å². The molecular formula is C10H12O3S. The normalized spacial score (nSPS) is 20.8. The molecule has 1 fully saturated rings. The molecule has 0 saturated carbocycles. The Bertz CT molecular complexity index is 415. The van der Waals surface area contributed by atoms with Crippen molar-refractivity contribution in [2.24, 2.45) is 0 Å². The van der Waals surface area contributed by atoms with E-state index >= 15 is 0 Å². The largest absolute Gasteiger partial charge is 0.368 e. The van der Waals surface area contributed by atoms with E-state index in [9.17, 15) is 8.42 Å². The Morgan fingerprint density at radius 3 is 2.36 bits per heavy atom. The van der Waals surface area contributed by atoms with Crippen molar-refractivity contribution in [3.63, 3.8) is 0 Å². The number of hydrogen-bond donors (Lipinski definition) is 0. The first-order valence-corrected chi connectivity index (χ1v) is 6.23. The molecule has 2 rings (SSSR count). The molecule has 1 heterocycles. The second-order valence-corrected chi connectivity index (χ2v) is 5.57. The third-order valence-electron chi connectivity index (χ3n) is 2.32. The van der Waals surface area contributed by atoms with Crippen LogP contribution in [-0.2, 0) is 14.6 Å². The molecule has 1 atom stereocenters. The highest BCUT2D eigenvalue weighted by Crippen LogP contribution is 2.30. The summed E-state index contributed by atoms with van der Waals surface area (Å²) in [7, 11) is -3.06. The molecule has 0 amide bonds. The Kier molecular flexibility index (Phi) is 2.33. The fraction of sp³-hybridized carbons (Fsp3) is 0.400. The minimum absolute atomic E-state index is 0.145. The number of hydrogen-bond acceptors (Lipinski definition) is 3. The van der Waals surface area contributed by atoms with E-state index in [4.69, 9.17) is 4.74 Å². The average molecular weight is 212 g/mol. The van der Waals surface area contributed by atoms with Crippen LogP contribution < -0.4 is 0 Å². The van der Waals surface area contributed by atoms with E-state index < -0.39 is 9.84 Å². The lowest BCUT2D eigenvalue weighted by Gasteiger charge is -2.01. The van der Waals surface area contributed by atoms with Crippen molar-refractivity contribution in [2.45, 2.75) is 17.9 Å². The van der Waals surface area contributed by atoms with Crippen molar-refractivity contribution < 1.29 is 13.2 Å². The Hall–Kier alpha value is -0.870. The number of epoxide rings is 1. The summed E-state index contributed by atoms with van der Waals surface area (Å²) in [5.41, 5.74) is 1.06.